The van der Waals surface area contributed by atoms with E-state index in [0.717, 1.165) is 10.4 Å². The van der Waals surface area contributed by atoms with E-state index in [1.54, 1.807) is 36.9 Å². The van der Waals surface area contributed by atoms with Gasteiger partial charge in [-0.1, -0.05) is 36.0 Å². The molecule has 9 heteroatoms. The van der Waals surface area contributed by atoms with Crippen LogP contribution in [0.3, 0.4) is 0 Å². The van der Waals surface area contributed by atoms with Gasteiger partial charge in [-0.2, -0.15) is 0 Å². The van der Waals surface area contributed by atoms with E-state index in [-0.39, 0.29) is 10.6 Å². The standard InChI is InChI=1S/C22H21N3O4S2/c1-24-19-13-18(23-31(27,28)17-11-7-8-15(12-17)29-3)21(14-20(19)25(2)22(24)26)30-16-9-5-4-6-10-16/h4-14,23H,1-3H3. The van der Waals surface area contributed by atoms with Gasteiger partial charge in [-0.3, -0.25) is 13.9 Å². The molecule has 4 aromatic rings. The molecule has 31 heavy (non-hydrogen) atoms. The molecule has 0 spiro atoms. The van der Waals surface area contributed by atoms with Crippen molar-refractivity contribution in [1.82, 2.24) is 9.13 Å². The molecular weight excluding hydrogens is 434 g/mol. The van der Waals surface area contributed by atoms with E-state index in [0.29, 0.717) is 21.8 Å². The first kappa shape index (κ1) is 21.1. The van der Waals surface area contributed by atoms with E-state index >= 15 is 0 Å². The quantitative estimate of drug-likeness (QED) is 0.478. The average molecular weight is 456 g/mol. The molecule has 0 atom stereocenters. The van der Waals surface area contributed by atoms with Crippen molar-refractivity contribution in [2.45, 2.75) is 14.7 Å². The Morgan fingerprint density at radius 3 is 2.26 bits per heavy atom. The van der Waals surface area contributed by atoms with E-state index in [9.17, 15) is 13.2 Å². The topological polar surface area (TPSA) is 82.3 Å². The third kappa shape index (κ3) is 4.06. The zero-order valence-corrected chi connectivity index (χ0v) is 18.8. The number of nitrogens with zero attached hydrogens (tertiary/aromatic N) is 2. The molecule has 0 unspecified atom stereocenters. The monoisotopic (exact) mass is 455 g/mol. The molecule has 0 saturated carbocycles. The maximum absolute atomic E-state index is 13.1. The first-order valence-corrected chi connectivity index (χ1v) is 11.7. The minimum Gasteiger partial charge on any atom is -0.497 e. The van der Waals surface area contributed by atoms with Crippen LogP contribution in [-0.2, 0) is 24.1 Å². The van der Waals surface area contributed by atoms with Gasteiger partial charge >= 0.3 is 5.69 Å². The summed E-state index contributed by atoms with van der Waals surface area (Å²) in [6.45, 7) is 0. The van der Waals surface area contributed by atoms with Crippen molar-refractivity contribution in [2.24, 2.45) is 14.1 Å². The van der Waals surface area contributed by atoms with Gasteiger partial charge in [0.25, 0.3) is 10.0 Å². The Labute approximate surface area is 184 Å². The smallest absolute Gasteiger partial charge is 0.328 e. The lowest BCUT2D eigenvalue weighted by atomic mass is 10.3. The van der Waals surface area contributed by atoms with Crippen molar-refractivity contribution in [2.75, 3.05) is 11.8 Å². The Kier molecular flexibility index (Phi) is 5.55. The van der Waals surface area contributed by atoms with Gasteiger partial charge in [0.15, 0.2) is 0 Å². The molecule has 0 aliphatic rings. The molecule has 7 nitrogen and oxygen atoms in total. The zero-order valence-electron chi connectivity index (χ0n) is 17.2. The Morgan fingerprint density at radius 2 is 1.58 bits per heavy atom. The number of imidazole rings is 1. The van der Waals surface area contributed by atoms with Gasteiger partial charge in [-0.05, 0) is 36.4 Å². The number of anilines is 1. The van der Waals surface area contributed by atoms with Gasteiger partial charge in [-0.25, -0.2) is 13.2 Å². The fraction of sp³-hybridized carbons (Fsp3) is 0.136. The number of methoxy groups -OCH3 is 1. The lowest BCUT2D eigenvalue weighted by Gasteiger charge is -2.14. The highest BCUT2D eigenvalue weighted by Gasteiger charge is 2.20. The minimum atomic E-state index is -3.88. The number of benzene rings is 3. The summed E-state index contributed by atoms with van der Waals surface area (Å²) < 4.78 is 37.1. The highest BCUT2D eigenvalue weighted by atomic mass is 32.2. The molecule has 0 saturated heterocycles. The second kappa shape index (κ2) is 8.16. The second-order valence-electron chi connectivity index (χ2n) is 6.94. The Bertz CT molecular complexity index is 1420. The van der Waals surface area contributed by atoms with Crippen LogP contribution in [0.25, 0.3) is 11.0 Å². The van der Waals surface area contributed by atoms with Crippen LogP contribution in [0, 0.1) is 0 Å². The lowest BCUT2D eigenvalue weighted by Crippen LogP contribution is -2.19. The average Bonchev–Trinajstić information content (AvgIpc) is 2.98. The molecule has 0 aliphatic carbocycles. The molecule has 4 rings (SSSR count). The van der Waals surface area contributed by atoms with Crippen molar-refractivity contribution in [3.05, 3.63) is 77.2 Å². The first-order valence-electron chi connectivity index (χ1n) is 9.39. The van der Waals surface area contributed by atoms with Crippen molar-refractivity contribution in [3.63, 3.8) is 0 Å². The summed E-state index contributed by atoms with van der Waals surface area (Å²) in [5, 5.41) is 0. The third-order valence-electron chi connectivity index (χ3n) is 4.94. The number of rotatable bonds is 6. The molecule has 160 valence electrons. The molecular formula is C22H21N3O4S2. The number of ether oxygens (including phenoxy) is 1. The van der Waals surface area contributed by atoms with Crippen molar-refractivity contribution >= 4 is 38.5 Å². The molecule has 1 aromatic heterocycles. The van der Waals surface area contributed by atoms with Gasteiger partial charge in [-0.15, -0.1) is 0 Å². The molecule has 0 amide bonds. The predicted octanol–water partition coefficient (Wildman–Crippen LogP) is 3.84. The van der Waals surface area contributed by atoms with Crippen molar-refractivity contribution < 1.29 is 13.2 Å². The minimum absolute atomic E-state index is 0.0876. The first-order chi connectivity index (χ1) is 14.8. The van der Waals surface area contributed by atoms with Crippen LogP contribution in [0.2, 0.25) is 0 Å². The summed E-state index contributed by atoms with van der Waals surface area (Å²) >= 11 is 1.42. The summed E-state index contributed by atoms with van der Waals surface area (Å²) in [6.07, 6.45) is 0. The normalized spacial score (nSPS) is 11.6. The molecule has 1 N–H and O–H groups in total. The molecule has 0 fully saturated rings. The summed E-state index contributed by atoms with van der Waals surface area (Å²) in [5.41, 5.74) is 1.56. The van der Waals surface area contributed by atoms with E-state index in [4.69, 9.17) is 4.74 Å². The van der Waals surface area contributed by atoms with Gasteiger partial charge in [0.2, 0.25) is 0 Å². The largest absolute Gasteiger partial charge is 0.497 e. The predicted molar refractivity (Wildman–Crippen MR) is 123 cm³/mol. The van der Waals surface area contributed by atoms with Crippen LogP contribution in [0.1, 0.15) is 0 Å². The number of hydrogen-bond donors (Lipinski definition) is 1. The van der Waals surface area contributed by atoms with Crippen LogP contribution < -0.4 is 15.1 Å². The molecule has 3 aromatic carbocycles. The number of aromatic nitrogens is 2. The highest BCUT2D eigenvalue weighted by Crippen LogP contribution is 2.37. The Hall–Kier alpha value is -3.17. The number of aryl methyl sites for hydroxylation is 2. The lowest BCUT2D eigenvalue weighted by molar-refractivity contribution is 0.413. The molecule has 0 aliphatic heterocycles. The van der Waals surface area contributed by atoms with Gasteiger partial charge < -0.3 is 4.74 Å². The van der Waals surface area contributed by atoms with Crippen molar-refractivity contribution in [1.29, 1.82) is 0 Å². The summed E-state index contributed by atoms with van der Waals surface area (Å²) in [7, 11) is 0.959. The van der Waals surface area contributed by atoms with Gasteiger partial charge in [0.1, 0.15) is 5.75 Å². The van der Waals surface area contributed by atoms with E-state index in [1.807, 2.05) is 36.4 Å². The van der Waals surface area contributed by atoms with Crippen LogP contribution in [0.15, 0.2) is 86.2 Å². The molecule has 1 heterocycles. The summed E-state index contributed by atoms with van der Waals surface area (Å²) in [4.78, 5) is 14.1. The van der Waals surface area contributed by atoms with E-state index < -0.39 is 10.0 Å². The van der Waals surface area contributed by atoms with Crippen LogP contribution in [0.4, 0.5) is 5.69 Å². The molecule has 0 radical (unpaired) electrons. The Balaban J connectivity index is 1.85. The maximum Gasteiger partial charge on any atom is 0.328 e. The van der Waals surface area contributed by atoms with Crippen LogP contribution >= 0.6 is 11.8 Å². The number of nitrogens with one attached hydrogen (secondary N) is 1. The molecule has 0 bridgehead atoms. The van der Waals surface area contributed by atoms with Crippen LogP contribution in [0.5, 0.6) is 5.75 Å². The van der Waals surface area contributed by atoms with E-state index in [2.05, 4.69) is 4.72 Å². The third-order valence-corrected chi connectivity index (χ3v) is 7.37. The zero-order chi connectivity index (χ0) is 22.2. The summed E-state index contributed by atoms with van der Waals surface area (Å²) in [5.74, 6) is 0.447. The SMILES string of the molecule is COc1cccc(S(=O)(=O)Nc2cc3c(cc2Sc2ccccc2)n(C)c(=O)n3C)c1. The summed E-state index contributed by atoms with van der Waals surface area (Å²) in [6, 6.07) is 19.4. The van der Waals surface area contributed by atoms with Gasteiger partial charge in [0, 0.05) is 30.0 Å². The number of fused-ring (bicyclic) bond motifs is 1. The van der Waals surface area contributed by atoms with Crippen LogP contribution in [-0.4, -0.2) is 24.7 Å². The fourth-order valence-corrected chi connectivity index (χ4v) is 5.39. The van der Waals surface area contributed by atoms with E-state index in [1.165, 1.54) is 35.6 Å². The second-order valence-corrected chi connectivity index (χ2v) is 9.74. The maximum atomic E-state index is 13.1. The number of hydrogen-bond acceptors (Lipinski definition) is 5. The highest BCUT2D eigenvalue weighted by molar-refractivity contribution is 7.99. The Morgan fingerprint density at radius 1 is 0.903 bits per heavy atom. The number of sulfonamides is 1. The van der Waals surface area contributed by atoms with Gasteiger partial charge in [0.05, 0.1) is 28.7 Å². The fourth-order valence-electron chi connectivity index (χ4n) is 3.28. The van der Waals surface area contributed by atoms with Crippen molar-refractivity contribution in [3.8, 4) is 5.75 Å².